The molecule has 3 aromatic rings. The van der Waals surface area contributed by atoms with Gasteiger partial charge in [-0.2, -0.15) is 0 Å². The Morgan fingerprint density at radius 3 is 2.44 bits per heavy atom. The second-order valence-electron chi connectivity index (χ2n) is 10.3. The normalized spacial score (nSPS) is 17.7. The minimum atomic E-state index is -0.458. The maximum absolute atomic E-state index is 14.9. The van der Waals surface area contributed by atoms with Gasteiger partial charge in [0.15, 0.2) is 5.82 Å². The molecule has 7 nitrogen and oxygen atoms in total. The summed E-state index contributed by atoms with van der Waals surface area (Å²) in [6.45, 7) is 16.9. The van der Waals surface area contributed by atoms with E-state index in [1.165, 1.54) is 11.8 Å². The standard InChI is InChI=1S/C28H34FN7/c1-6-35-9-11-36(12-10-35)17-20-7-8-24(30-15-20)33-27-31-16-23(29)26(34-27)21-13-18(2)25-22(14-21)28(4,5)19(3)32-25/h7-8,13-16H,6,9-12,17H2,1-5H3,(H,30,31,33,34). The number of anilines is 2. The van der Waals surface area contributed by atoms with Gasteiger partial charge in [-0.3, -0.25) is 9.89 Å². The molecule has 36 heavy (non-hydrogen) atoms. The molecule has 1 saturated heterocycles. The third kappa shape index (κ3) is 4.75. The number of nitrogens with zero attached hydrogens (tertiary/aromatic N) is 6. The Bertz CT molecular complexity index is 1290. The van der Waals surface area contributed by atoms with Gasteiger partial charge in [-0.25, -0.2) is 19.3 Å². The Kier molecular flexibility index (Phi) is 6.57. The van der Waals surface area contributed by atoms with E-state index in [0.717, 1.165) is 67.4 Å². The van der Waals surface area contributed by atoms with E-state index in [2.05, 4.69) is 56.9 Å². The van der Waals surface area contributed by atoms with Crippen LogP contribution in [0.5, 0.6) is 0 Å². The number of aliphatic imine (C=N–C) groups is 1. The highest BCUT2D eigenvalue weighted by atomic mass is 19.1. The van der Waals surface area contributed by atoms with E-state index in [1.807, 2.05) is 38.2 Å². The average Bonchev–Trinajstić information content (AvgIpc) is 3.10. The highest BCUT2D eigenvalue weighted by Crippen LogP contribution is 2.44. The molecule has 0 saturated carbocycles. The van der Waals surface area contributed by atoms with Crippen LogP contribution in [-0.2, 0) is 12.0 Å². The first-order valence-electron chi connectivity index (χ1n) is 12.6. The van der Waals surface area contributed by atoms with Crippen LogP contribution in [0.3, 0.4) is 0 Å². The molecule has 2 aromatic heterocycles. The number of halogens is 1. The average molecular weight is 488 g/mol. The first-order valence-corrected chi connectivity index (χ1v) is 12.6. The van der Waals surface area contributed by atoms with Crippen molar-refractivity contribution in [2.75, 3.05) is 38.0 Å². The van der Waals surface area contributed by atoms with Crippen LogP contribution in [0, 0.1) is 12.7 Å². The lowest BCUT2D eigenvalue weighted by Crippen LogP contribution is -2.45. The molecule has 1 N–H and O–H groups in total. The Morgan fingerprint density at radius 1 is 1.00 bits per heavy atom. The number of likely N-dealkylation sites (N-methyl/N-ethyl adjacent to an activating group) is 1. The summed E-state index contributed by atoms with van der Waals surface area (Å²) >= 11 is 0. The zero-order valence-corrected chi connectivity index (χ0v) is 21.8. The van der Waals surface area contributed by atoms with E-state index < -0.39 is 5.82 Å². The molecule has 5 rings (SSSR count). The van der Waals surface area contributed by atoms with E-state index in [0.29, 0.717) is 11.8 Å². The summed E-state index contributed by atoms with van der Waals surface area (Å²) in [5.74, 6) is 0.481. The number of benzene rings is 1. The minimum Gasteiger partial charge on any atom is -0.309 e. The quantitative estimate of drug-likeness (QED) is 0.512. The fourth-order valence-corrected chi connectivity index (χ4v) is 4.90. The molecule has 0 aliphatic carbocycles. The molecular formula is C28H34FN7. The van der Waals surface area contributed by atoms with Gasteiger partial charge in [0.1, 0.15) is 11.5 Å². The molecule has 0 bridgehead atoms. The lowest BCUT2D eigenvalue weighted by atomic mass is 9.80. The molecule has 0 radical (unpaired) electrons. The second kappa shape index (κ2) is 9.67. The van der Waals surface area contributed by atoms with Crippen LogP contribution in [-0.4, -0.2) is 63.2 Å². The molecule has 0 unspecified atom stereocenters. The van der Waals surface area contributed by atoms with Crippen molar-refractivity contribution in [3.8, 4) is 11.3 Å². The van der Waals surface area contributed by atoms with Crippen molar-refractivity contribution >= 4 is 23.2 Å². The Hall–Kier alpha value is -3.23. The Morgan fingerprint density at radius 2 is 1.75 bits per heavy atom. The molecule has 188 valence electrons. The molecule has 1 fully saturated rings. The number of hydrogen-bond acceptors (Lipinski definition) is 7. The van der Waals surface area contributed by atoms with Crippen molar-refractivity contribution in [3.63, 3.8) is 0 Å². The first-order chi connectivity index (χ1) is 17.2. The fraction of sp³-hybridized carbons (Fsp3) is 0.429. The van der Waals surface area contributed by atoms with Crippen LogP contribution >= 0.6 is 0 Å². The van der Waals surface area contributed by atoms with Crippen molar-refractivity contribution < 1.29 is 4.39 Å². The van der Waals surface area contributed by atoms with E-state index in [-0.39, 0.29) is 11.1 Å². The highest BCUT2D eigenvalue weighted by Gasteiger charge is 2.33. The molecule has 0 atom stereocenters. The monoisotopic (exact) mass is 487 g/mol. The summed E-state index contributed by atoms with van der Waals surface area (Å²) in [5, 5.41) is 3.13. The van der Waals surface area contributed by atoms with Crippen LogP contribution in [0.4, 0.5) is 21.8 Å². The van der Waals surface area contributed by atoms with Crippen LogP contribution in [0.25, 0.3) is 11.3 Å². The predicted octanol–water partition coefficient (Wildman–Crippen LogP) is 5.25. The van der Waals surface area contributed by atoms with Crippen LogP contribution < -0.4 is 5.32 Å². The predicted molar refractivity (Wildman–Crippen MR) is 143 cm³/mol. The third-order valence-corrected chi connectivity index (χ3v) is 7.56. The molecule has 4 heterocycles. The topological polar surface area (TPSA) is 69.5 Å². The zero-order valence-electron chi connectivity index (χ0n) is 21.8. The van der Waals surface area contributed by atoms with Crippen molar-refractivity contribution in [1.82, 2.24) is 24.8 Å². The van der Waals surface area contributed by atoms with Crippen molar-refractivity contribution in [2.45, 2.75) is 46.6 Å². The van der Waals surface area contributed by atoms with Gasteiger partial charge in [0.05, 0.1) is 11.9 Å². The maximum atomic E-state index is 14.9. The number of aryl methyl sites for hydroxylation is 1. The van der Waals surface area contributed by atoms with E-state index in [1.54, 1.807) is 0 Å². The van der Waals surface area contributed by atoms with Gasteiger partial charge in [0.2, 0.25) is 5.95 Å². The third-order valence-electron chi connectivity index (χ3n) is 7.56. The smallest absolute Gasteiger partial charge is 0.229 e. The van der Waals surface area contributed by atoms with Crippen molar-refractivity contribution in [1.29, 1.82) is 0 Å². The van der Waals surface area contributed by atoms with Gasteiger partial charge >= 0.3 is 0 Å². The van der Waals surface area contributed by atoms with Crippen LogP contribution in [0.2, 0.25) is 0 Å². The van der Waals surface area contributed by atoms with E-state index in [9.17, 15) is 4.39 Å². The van der Waals surface area contributed by atoms with Crippen LogP contribution in [0.15, 0.2) is 41.7 Å². The van der Waals surface area contributed by atoms with Gasteiger partial charge < -0.3 is 10.2 Å². The number of hydrogen-bond donors (Lipinski definition) is 1. The number of pyridine rings is 1. The lowest BCUT2D eigenvalue weighted by Gasteiger charge is -2.33. The van der Waals surface area contributed by atoms with Gasteiger partial charge in [-0.05, 0) is 55.3 Å². The van der Waals surface area contributed by atoms with Gasteiger partial charge in [0, 0.05) is 55.6 Å². The molecule has 0 spiro atoms. The zero-order chi connectivity index (χ0) is 25.4. The van der Waals surface area contributed by atoms with E-state index >= 15 is 0 Å². The van der Waals surface area contributed by atoms with Crippen LogP contribution in [0.1, 0.15) is 44.4 Å². The number of nitrogens with one attached hydrogen (secondary N) is 1. The van der Waals surface area contributed by atoms with Gasteiger partial charge in [-0.15, -0.1) is 0 Å². The van der Waals surface area contributed by atoms with Crippen molar-refractivity contribution in [3.05, 3.63) is 59.2 Å². The summed E-state index contributed by atoms with van der Waals surface area (Å²) in [7, 11) is 0. The largest absolute Gasteiger partial charge is 0.309 e. The summed E-state index contributed by atoms with van der Waals surface area (Å²) in [4.78, 5) is 22.9. The number of fused-ring (bicyclic) bond motifs is 1. The number of aromatic nitrogens is 3. The first kappa shape index (κ1) is 24.5. The molecule has 2 aliphatic rings. The Balaban J connectivity index is 1.32. The minimum absolute atomic E-state index is 0.198. The molecular weight excluding hydrogens is 453 g/mol. The van der Waals surface area contributed by atoms with Crippen molar-refractivity contribution in [2.24, 2.45) is 4.99 Å². The SMILES string of the molecule is CCN1CCN(Cc2ccc(Nc3ncc(F)c(-c4cc(C)c5c(c4)C(C)(C)C(C)=N5)n3)nc2)CC1. The summed E-state index contributed by atoms with van der Waals surface area (Å²) < 4.78 is 14.9. The maximum Gasteiger partial charge on any atom is 0.229 e. The molecule has 1 aromatic carbocycles. The number of piperazine rings is 1. The summed E-state index contributed by atoms with van der Waals surface area (Å²) in [6.07, 6.45) is 3.09. The van der Waals surface area contributed by atoms with E-state index in [4.69, 9.17) is 4.99 Å². The van der Waals surface area contributed by atoms with Gasteiger partial charge in [0.25, 0.3) is 0 Å². The lowest BCUT2D eigenvalue weighted by molar-refractivity contribution is 0.132. The molecule has 2 aliphatic heterocycles. The summed E-state index contributed by atoms with van der Waals surface area (Å²) in [6, 6.07) is 7.94. The van der Waals surface area contributed by atoms with Gasteiger partial charge in [-0.1, -0.05) is 26.8 Å². The molecule has 8 heteroatoms. The number of rotatable bonds is 6. The fourth-order valence-electron chi connectivity index (χ4n) is 4.90. The second-order valence-corrected chi connectivity index (χ2v) is 10.3. The summed E-state index contributed by atoms with van der Waals surface area (Å²) in [5.41, 5.74) is 6.09. The Labute approximate surface area is 212 Å². The highest BCUT2D eigenvalue weighted by molar-refractivity contribution is 6.00. The molecule has 0 amide bonds.